The highest BCUT2D eigenvalue weighted by Crippen LogP contribution is 2.34. The third-order valence-corrected chi connectivity index (χ3v) is 6.03. The van der Waals surface area contributed by atoms with Crippen molar-refractivity contribution in [1.82, 2.24) is 25.5 Å². The Labute approximate surface area is 197 Å². The third kappa shape index (κ3) is 6.96. The Kier molecular flexibility index (Phi) is 10.4. The van der Waals surface area contributed by atoms with Crippen LogP contribution in [0.2, 0.25) is 0 Å². The van der Waals surface area contributed by atoms with E-state index in [-0.39, 0.29) is 12.4 Å². The zero-order valence-electron chi connectivity index (χ0n) is 15.8. The van der Waals surface area contributed by atoms with Gasteiger partial charge >= 0.3 is 0 Å². The molecule has 0 aliphatic rings. The van der Waals surface area contributed by atoms with E-state index in [1.54, 1.807) is 16.4 Å². The largest absolute Gasteiger partial charge is 0.492 e. The Hall–Kier alpha value is -1.13. The van der Waals surface area contributed by atoms with Gasteiger partial charge in [-0.15, -0.1) is 17.5 Å². The van der Waals surface area contributed by atoms with Crippen molar-refractivity contribution in [3.63, 3.8) is 0 Å². The number of ether oxygens (including phenoxy) is 1. The molecule has 3 rings (SSSR count). The Bertz CT molecular complexity index is 874. The zero-order valence-corrected chi connectivity index (χ0v) is 20.7. The molecule has 0 saturated carbocycles. The Morgan fingerprint density at radius 1 is 1.14 bits per heavy atom. The Morgan fingerprint density at radius 3 is 2.55 bits per heavy atom. The molecule has 0 radical (unpaired) electrons. The van der Waals surface area contributed by atoms with Crippen LogP contribution < -0.4 is 10.1 Å². The fraction of sp³-hybridized carbons (Fsp3) is 0.316. The standard InChI is InChI=1S/C19H21Br2N5OS.ClH/c1-2-27-18-16(20)11-14(12-17(18)21)13-22-9-6-10-28-19-23-24-25-26(19)15-7-4-3-5-8-15;/h3-5,7-8,11-12,22H,2,6,9-10,13H2,1H3;1H. The molecule has 0 saturated heterocycles. The molecule has 6 nitrogen and oxygen atoms in total. The van der Waals surface area contributed by atoms with Crippen LogP contribution in [0, 0.1) is 0 Å². The van der Waals surface area contributed by atoms with Crippen LogP contribution in [0.1, 0.15) is 18.9 Å². The zero-order chi connectivity index (χ0) is 19.8. The molecule has 1 heterocycles. The van der Waals surface area contributed by atoms with Gasteiger partial charge in [0.15, 0.2) is 0 Å². The minimum Gasteiger partial charge on any atom is -0.492 e. The number of para-hydroxylation sites is 1. The van der Waals surface area contributed by atoms with Gasteiger partial charge in [0, 0.05) is 12.3 Å². The number of thioether (sulfide) groups is 1. The summed E-state index contributed by atoms with van der Waals surface area (Å²) in [5.74, 6) is 1.79. The Morgan fingerprint density at radius 2 is 1.86 bits per heavy atom. The first kappa shape index (κ1) is 24.1. The van der Waals surface area contributed by atoms with Gasteiger partial charge in [-0.2, -0.15) is 4.68 Å². The number of tetrazole rings is 1. The molecule has 0 amide bonds. The predicted molar refractivity (Wildman–Crippen MR) is 126 cm³/mol. The highest BCUT2D eigenvalue weighted by molar-refractivity contribution is 9.11. The molecule has 0 unspecified atom stereocenters. The van der Waals surface area contributed by atoms with Crippen molar-refractivity contribution >= 4 is 56.0 Å². The van der Waals surface area contributed by atoms with Crippen molar-refractivity contribution in [3.8, 4) is 11.4 Å². The van der Waals surface area contributed by atoms with Gasteiger partial charge in [0.25, 0.3) is 0 Å². The molecular formula is C19H22Br2ClN5OS. The Balaban J connectivity index is 0.00000300. The normalized spacial score (nSPS) is 10.6. The molecule has 0 aliphatic heterocycles. The molecule has 0 atom stereocenters. The summed E-state index contributed by atoms with van der Waals surface area (Å²) in [6.07, 6.45) is 1.02. The second-order valence-corrected chi connectivity index (χ2v) is 8.68. The fourth-order valence-corrected chi connectivity index (χ4v) is 4.93. The molecule has 10 heteroatoms. The molecule has 1 aromatic heterocycles. The second-order valence-electron chi connectivity index (χ2n) is 5.91. The van der Waals surface area contributed by atoms with E-state index in [4.69, 9.17) is 4.74 Å². The number of aromatic nitrogens is 4. The van der Waals surface area contributed by atoms with Gasteiger partial charge in [0.05, 0.1) is 21.2 Å². The van der Waals surface area contributed by atoms with Crippen LogP contribution in [0.4, 0.5) is 0 Å². The number of benzene rings is 2. The average molecular weight is 564 g/mol. The van der Waals surface area contributed by atoms with Crippen molar-refractivity contribution in [1.29, 1.82) is 0 Å². The lowest BCUT2D eigenvalue weighted by Crippen LogP contribution is -2.15. The lowest BCUT2D eigenvalue weighted by Gasteiger charge is -2.11. The molecule has 3 aromatic rings. The SMILES string of the molecule is CCOc1c(Br)cc(CNCCCSc2nnnn2-c2ccccc2)cc1Br.Cl. The lowest BCUT2D eigenvalue weighted by atomic mass is 10.2. The minimum atomic E-state index is 0. The molecule has 0 fully saturated rings. The van der Waals surface area contributed by atoms with Gasteiger partial charge in [-0.05, 0) is 92.0 Å². The summed E-state index contributed by atoms with van der Waals surface area (Å²) in [5.41, 5.74) is 2.17. The van der Waals surface area contributed by atoms with Crippen molar-refractivity contribution in [2.45, 2.75) is 25.0 Å². The van der Waals surface area contributed by atoms with E-state index < -0.39 is 0 Å². The van der Waals surface area contributed by atoms with Crippen LogP contribution in [0.15, 0.2) is 56.6 Å². The number of hydrogen-bond acceptors (Lipinski definition) is 6. The molecule has 29 heavy (non-hydrogen) atoms. The second kappa shape index (κ2) is 12.5. The third-order valence-electron chi connectivity index (χ3n) is 3.85. The molecule has 156 valence electrons. The maximum Gasteiger partial charge on any atom is 0.214 e. The van der Waals surface area contributed by atoms with Gasteiger partial charge in [-0.3, -0.25) is 0 Å². The van der Waals surface area contributed by atoms with Crippen molar-refractivity contribution in [2.75, 3.05) is 18.9 Å². The summed E-state index contributed by atoms with van der Waals surface area (Å²) < 4.78 is 9.32. The van der Waals surface area contributed by atoms with Crippen LogP contribution in [0.5, 0.6) is 5.75 Å². The maximum atomic E-state index is 5.62. The highest BCUT2D eigenvalue weighted by Gasteiger charge is 2.09. The number of halogens is 3. The van der Waals surface area contributed by atoms with Crippen molar-refractivity contribution in [3.05, 3.63) is 57.0 Å². The molecule has 1 N–H and O–H groups in total. The highest BCUT2D eigenvalue weighted by atomic mass is 79.9. The minimum absolute atomic E-state index is 0. The summed E-state index contributed by atoms with van der Waals surface area (Å²) in [6, 6.07) is 14.1. The molecule has 0 spiro atoms. The molecule has 0 aliphatic carbocycles. The molecule has 0 bridgehead atoms. The van der Waals surface area contributed by atoms with E-state index in [9.17, 15) is 0 Å². The van der Waals surface area contributed by atoms with E-state index in [2.05, 4.69) is 64.8 Å². The number of hydrogen-bond donors (Lipinski definition) is 1. The average Bonchev–Trinajstić information content (AvgIpc) is 3.16. The van der Waals surface area contributed by atoms with Crippen LogP contribution in [-0.4, -0.2) is 39.1 Å². The van der Waals surface area contributed by atoms with Gasteiger partial charge in [-0.25, -0.2) is 0 Å². The van der Waals surface area contributed by atoms with Gasteiger partial charge in [0.2, 0.25) is 5.16 Å². The van der Waals surface area contributed by atoms with Crippen LogP contribution in [0.3, 0.4) is 0 Å². The smallest absolute Gasteiger partial charge is 0.214 e. The molecule has 2 aromatic carbocycles. The monoisotopic (exact) mass is 561 g/mol. The summed E-state index contributed by atoms with van der Waals surface area (Å²) in [4.78, 5) is 0. The first-order chi connectivity index (χ1) is 13.7. The molecular weight excluding hydrogens is 542 g/mol. The topological polar surface area (TPSA) is 64.9 Å². The van der Waals surface area contributed by atoms with Crippen LogP contribution in [0.25, 0.3) is 5.69 Å². The maximum absolute atomic E-state index is 5.62. The van der Waals surface area contributed by atoms with E-state index in [1.807, 2.05) is 37.3 Å². The quantitative estimate of drug-likeness (QED) is 0.268. The summed E-state index contributed by atoms with van der Waals surface area (Å²) >= 11 is 8.81. The van der Waals surface area contributed by atoms with E-state index in [0.29, 0.717) is 6.61 Å². The summed E-state index contributed by atoms with van der Waals surface area (Å²) in [5, 5.41) is 16.3. The van der Waals surface area contributed by atoms with E-state index >= 15 is 0 Å². The van der Waals surface area contributed by atoms with E-state index in [1.165, 1.54) is 5.56 Å². The van der Waals surface area contributed by atoms with Crippen molar-refractivity contribution in [2.24, 2.45) is 0 Å². The number of rotatable bonds is 10. The lowest BCUT2D eigenvalue weighted by molar-refractivity contribution is 0.336. The van der Waals surface area contributed by atoms with Crippen molar-refractivity contribution < 1.29 is 4.74 Å². The van der Waals surface area contributed by atoms with E-state index in [0.717, 1.165) is 50.8 Å². The first-order valence-electron chi connectivity index (χ1n) is 8.97. The van der Waals surface area contributed by atoms with Crippen LogP contribution in [-0.2, 0) is 6.54 Å². The van der Waals surface area contributed by atoms with Gasteiger partial charge in [-0.1, -0.05) is 30.0 Å². The number of nitrogens with one attached hydrogen (secondary N) is 1. The number of nitrogens with zero attached hydrogens (tertiary/aromatic N) is 4. The van der Waals surface area contributed by atoms with Gasteiger partial charge in [0.1, 0.15) is 5.75 Å². The van der Waals surface area contributed by atoms with Gasteiger partial charge < -0.3 is 10.1 Å². The summed E-state index contributed by atoms with van der Waals surface area (Å²) in [6.45, 7) is 4.34. The summed E-state index contributed by atoms with van der Waals surface area (Å²) in [7, 11) is 0. The van der Waals surface area contributed by atoms with Crippen LogP contribution >= 0.6 is 56.0 Å². The predicted octanol–water partition coefficient (Wildman–Crippen LogP) is 5.28. The fourth-order valence-electron chi connectivity index (χ4n) is 2.59. The first-order valence-corrected chi connectivity index (χ1v) is 11.5.